The van der Waals surface area contributed by atoms with Crippen molar-refractivity contribution in [1.82, 2.24) is 4.90 Å². The Balaban J connectivity index is 1.86. The molecule has 1 aromatic carbocycles. The lowest BCUT2D eigenvalue weighted by molar-refractivity contribution is -0.131. The summed E-state index contributed by atoms with van der Waals surface area (Å²) in [4.78, 5) is 16.2. The Morgan fingerprint density at radius 1 is 1.30 bits per heavy atom. The van der Waals surface area contributed by atoms with Crippen LogP contribution in [-0.2, 0) is 4.79 Å². The second kappa shape index (κ2) is 6.95. The third kappa shape index (κ3) is 3.87. The second-order valence-electron chi connectivity index (χ2n) is 5.34. The average molecular weight is 296 g/mol. The molecule has 110 valence electrons. The normalized spacial score (nSPS) is 17.1. The summed E-state index contributed by atoms with van der Waals surface area (Å²) in [7, 11) is 0. The lowest BCUT2D eigenvalue weighted by atomic mass is 10.1. The number of nitrogens with two attached hydrogens (primary N) is 1. The zero-order valence-electron chi connectivity index (χ0n) is 11.9. The predicted molar refractivity (Wildman–Crippen MR) is 83.1 cm³/mol. The molecule has 1 amide bonds. The standard InChI is InChI=1S/C15H22ClN3O/c1-12(17)6-7-15(20)19-10-8-18(9-11-19)14-5-3-2-4-13(14)16/h2-5,12H,6-11,17H2,1H3. The minimum absolute atomic E-state index is 0.0864. The van der Waals surface area contributed by atoms with E-state index in [9.17, 15) is 4.79 Å². The lowest BCUT2D eigenvalue weighted by Crippen LogP contribution is -2.49. The number of hydrogen-bond donors (Lipinski definition) is 1. The van der Waals surface area contributed by atoms with Gasteiger partial charge in [0.15, 0.2) is 0 Å². The minimum atomic E-state index is 0.0864. The molecular formula is C15H22ClN3O. The van der Waals surface area contributed by atoms with Crippen LogP contribution < -0.4 is 10.6 Å². The fourth-order valence-electron chi connectivity index (χ4n) is 2.41. The van der Waals surface area contributed by atoms with E-state index in [1.54, 1.807) is 0 Å². The van der Waals surface area contributed by atoms with Gasteiger partial charge in [-0.15, -0.1) is 0 Å². The van der Waals surface area contributed by atoms with Crippen LogP contribution in [-0.4, -0.2) is 43.0 Å². The molecule has 1 fully saturated rings. The highest BCUT2D eigenvalue weighted by molar-refractivity contribution is 6.33. The van der Waals surface area contributed by atoms with E-state index in [1.807, 2.05) is 36.1 Å². The number of piperazine rings is 1. The third-order valence-electron chi connectivity index (χ3n) is 3.64. The highest BCUT2D eigenvalue weighted by atomic mass is 35.5. The maximum absolute atomic E-state index is 12.0. The zero-order chi connectivity index (χ0) is 14.5. The number of halogens is 1. The Morgan fingerprint density at radius 2 is 1.95 bits per heavy atom. The van der Waals surface area contributed by atoms with Crippen LogP contribution in [0, 0.1) is 0 Å². The van der Waals surface area contributed by atoms with Crippen molar-refractivity contribution in [3.63, 3.8) is 0 Å². The van der Waals surface area contributed by atoms with Crippen molar-refractivity contribution in [3.8, 4) is 0 Å². The van der Waals surface area contributed by atoms with E-state index < -0.39 is 0 Å². The first kappa shape index (κ1) is 15.1. The molecule has 2 rings (SSSR count). The van der Waals surface area contributed by atoms with Gasteiger partial charge in [0.25, 0.3) is 0 Å². The quantitative estimate of drug-likeness (QED) is 0.925. The molecule has 4 nitrogen and oxygen atoms in total. The fraction of sp³-hybridized carbons (Fsp3) is 0.533. The monoisotopic (exact) mass is 295 g/mol. The smallest absolute Gasteiger partial charge is 0.222 e. The van der Waals surface area contributed by atoms with Gasteiger partial charge in [0.1, 0.15) is 0 Å². The van der Waals surface area contributed by atoms with E-state index in [-0.39, 0.29) is 11.9 Å². The summed E-state index contributed by atoms with van der Waals surface area (Å²) in [6.45, 7) is 5.09. The Morgan fingerprint density at radius 3 is 2.55 bits per heavy atom. The number of rotatable bonds is 4. The predicted octanol–water partition coefficient (Wildman–Crippen LogP) is 2.12. The van der Waals surface area contributed by atoms with Crippen LogP contribution in [0.5, 0.6) is 0 Å². The first-order chi connectivity index (χ1) is 9.58. The molecule has 0 saturated carbocycles. The molecule has 0 aliphatic carbocycles. The number of carbonyl (C=O) groups is 1. The Hall–Kier alpha value is -1.26. The Kier molecular flexibility index (Phi) is 5.26. The topological polar surface area (TPSA) is 49.6 Å². The SMILES string of the molecule is CC(N)CCC(=O)N1CCN(c2ccccc2Cl)CC1. The van der Waals surface area contributed by atoms with Crippen molar-refractivity contribution in [1.29, 1.82) is 0 Å². The van der Waals surface area contributed by atoms with Crippen LogP contribution >= 0.6 is 11.6 Å². The van der Waals surface area contributed by atoms with Crippen molar-refractivity contribution in [2.75, 3.05) is 31.1 Å². The van der Waals surface area contributed by atoms with Crippen molar-refractivity contribution in [2.24, 2.45) is 5.73 Å². The minimum Gasteiger partial charge on any atom is -0.367 e. The summed E-state index contributed by atoms with van der Waals surface area (Å²) in [5.74, 6) is 0.209. The number of hydrogen-bond acceptors (Lipinski definition) is 3. The van der Waals surface area contributed by atoms with Gasteiger partial charge in [-0.2, -0.15) is 0 Å². The molecule has 0 radical (unpaired) electrons. The van der Waals surface area contributed by atoms with E-state index in [0.29, 0.717) is 6.42 Å². The summed E-state index contributed by atoms with van der Waals surface area (Å²) in [5, 5.41) is 0.768. The van der Waals surface area contributed by atoms with Crippen LogP contribution in [0.1, 0.15) is 19.8 Å². The van der Waals surface area contributed by atoms with Gasteiger partial charge in [-0.25, -0.2) is 0 Å². The number of anilines is 1. The van der Waals surface area contributed by atoms with E-state index in [4.69, 9.17) is 17.3 Å². The number of carbonyl (C=O) groups excluding carboxylic acids is 1. The van der Waals surface area contributed by atoms with Gasteiger partial charge in [-0.1, -0.05) is 23.7 Å². The third-order valence-corrected chi connectivity index (χ3v) is 3.96. The van der Waals surface area contributed by atoms with Gasteiger partial charge < -0.3 is 15.5 Å². The van der Waals surface area contributed by atoms with Crippen LogP contribution in [0.2, 0.25) is 5.02 Å². The largest absolute Gasteiger partial charge is 0.367 e. The molecule has 1 saturated heterocycles. The van der Waals surface area contributed by atoms with Crippen LogP contribution in [0.15, 0.2) is 24.3 Å². The molecule has 1 aliphatic rings. The maximum atomic E-state index is 12.0. The number of benzene rings is 1. The molecule has 1 aromatic rings. The van der Waals surface area contributed by atoms with Crippen LogP contribution in [0.4, 0.5) is 5.69 Å². The molecule has 0 bridgehead atoms. The molecule has 0 spiro atoms. The summed E-state index contributed by atoms with van der Waals surface area (Å²) in [6, 6.07) is 7.93. The summed E-state index contributed by atoms with van der Waals surface area (Å²) < 4.78 is 0. The van der Waals surface area contributed by atoms with E-state index in [2.05, 4.69) is 4.90 Å². The van der Waals surface area contributed by atoms with Crippen molar-refractivity contribution in [3.05, 3.63) is 29.3 Å². The fourth-order valence-corrected chi connectivity index (χ4v) is 2.67. The van der Waals surface area contributed by atoms with Crippen LogP contribution in [0.25, 0.3) is 0 Å². The van der Waals surface area contributed by atoms with Crippen LogP contribution in [0.3, 0.4) is 0 Å². The molecule has 1 unspecified atom stereocenters. The zero-order valence-corrected chi connectivity index (χ0v) is 12.6. The van der Waals surface area contributed by atoms with E-state index >= 15 is 0 Å². The van der Waals surface area contributed by atoms with E-state index in [0.717, 1.165) is 43.3 Å². The number of amides is 1. The van der Waals surface area contributed by atoms with Gasteiger partial charge in [0.2, 0.25) is 5.91 Å². The average Bonchev–Trinajstić information content (AvgIpc) is 2.45. The molecule has 5 heteroatoms. The van der Waals surface area contributed by atoms with Gasteiger partial charge >= 0.3 is 0 Å². The summed E-state index contributed by atoms with van der Waals surface area (Å²) >= 11 is 6.20. The van der Waals surface area contributed by atoms with Gasteiger partial charge in [0, 0.05) is 38.6 Å². The molecule has 1 heterocycles. The highest BCUT2D eigenvalue weighted by Gasteiger charge is 2.22. The van der Waals surface area contributed by atoms with Gasteiger partial charge in [0.05, 0.1) is 10.7 Å². The van der Waals surface area contributed by atoms with Crippen molar-refractivity contribution >= 4 is 23.2 Å². The molecule has 1 aliphatic heterocycles. The number of nitrogens with zero attached hydrogens (tertiary/aromatic N) is 2. The molecule has 2 N–H and O–H groups in total. The Bertz CT molecular complexity index is 456. The highest BCUT2D eigenvalue weighted by Crippen LogP contribution is 2.26. The molecule has 1 atom stereocenters. The number of para-hydroxylation sites is 1. The van der Waals surface area contributed by atoms with Crippen molar-refractivity contribution < 1.29 is 4.79 Å². The summed E-state index contributed by atoms with van der Waals surface area (Å²) in [6.07, 6.45) is 1.30. The molecular weight excluding hydrogens is 274 g/mol. The maximum Gasteiger partial charge on any atom is 0.222 e. The Labute approximate surface area is 125 Å². The lowest BCUT2D eigenvalue weighted by Gasteiger charge is -2.36. The van der Waals surface area contributed by atoms with Gasteiger partial charge in [-0.05, 0) is 25.5 Å². The van der Waals surface area contributed by atoms with Crippen molar-refractivity contribution in [2.45, 2.75) is 25.8 Å². The van der Waals surface area contributed by atoms with Gasteiger partial charge in [-0.3, -0.25) is 4.79 Å². The van der Waals surface area contributed by atoms with E-state index in [1.165, 1.54) is 0 Å². The first-order valence-electron chi connectivity index (χ1n) is 7.11. The second-order valence-corrected chi connectivity index (χ2v) is 5.74. The molecule has 0 aromatic heterocycles. The summed E-state index contributed by atoms with van der Waals surface area (Å²) in [5.41, 5.74) is 6.74. The first-order valence-corrected chi connectivity index (χ1v) is 7.48. The molecule has 20 heavy (non-hydrogen) atoms.